The summed E-state index contributed by atoms with van der Waals surface area (Å²) >= 11 is 0. The highest BCUT2D eigenvalue weighted by molar-refractivity contribution is 7.89. The van der Waals surface area contributed by atoms with Gasteiger partial charge in [0.15, 0.2) is 0 Å². The van der Waals surface area contributed by atoms with Crippen molar-refractivity contribution in [3.8, 4) is 11.5 Å². The minimum absolute atomic E-state index is 0.00165. The van der Waals surface area contributed by atoms with E-state index in [1.807, 2.05) is 18.2 Å². The molecule has 1 fully saturated rings. The molecule has 1 unspecified atom stereocenters. The van der Waals surface area contributed by atoms with Crippen molar-refractivity contribution < 1.29 is 18.3 Å². The minimum atomic E-state index is -3.57. The van der Waals surface area contributed by atoms with Crippen LogP contribution >= 0.6 is 0 Å². The molecule has 4 rings (SSSR count). The van der Waals surface area contributed by atoms with Crippen LogP contribution in [-0.4, -0.2) is 38.2 Å². The van der Waals surface area contributed by atoms with Gasteiger partial charge in [-0.15, -0.1) is 0 Å². The lowest BCUT2D eigenvalue weighted by Crippen LogP contribution is -2.60. The number of phenols is 1. The van der Waals surface area contributed by atoms with Gasteiger partial charge in [-0.05, 0) is 80.1 Å². The zero-order chi connectivity index (χ0) is 23.7. The fraction of sp³-hybridized carbons (Fsp3) is 0.500. The van der Waals surface area contributed by atoms with Gasteiger partial charge >= 0.3 is 0 Å². The molecule has 2 aliphatic rings. The molecule has 1 atom stereocenters. The highest BCUT2D eigenvalue weighted by atomic mass is 32.2. The first-order valence-corrected chi connectivity index (χ1v) is 13.1. The van der Waals surface area contributed by atoms with Crippen molar-refractivity contribution in [2.75, 3.05) is 18.9 Å². The summed E-state index contributed by atoms with van der Waals surface area (Å²) in [5, 5.41) is 13.5. The Morgan fingerprint density at radius 2 is 1.94 bits per heavy atom. The molecule has 0 spiro atoms. The number of aromatic hydroxyl groups is 1. The summed E-state index contributed by atoms with van der Waals surface area (Å²) in [5.41, 5.74) is 14.9. The van der Waals surface area contributed by atoms with Gasteiger partial charge in [-0.2, -0.15) is 4.72 Å². The second-order valence-corrected chi connectivity index (χ2v) is 11.3. The topological polar surface area (TPSA) is 140 Å². The number of hydrogen-bond acceptors (Lipinski definition) is 7. The number of hydrogen-bond donors (Lipinski definition) is 5. The number of nitrogens with one attached hydrogen (secondary N) is 2. The lowest BCUT2D eigenvalue weighted by atomic mass is 9.58. The van der Waals surface area contributed by atoms with Crippen molar-refractivity contribution in [2.24, 2.45) is 11.5 Å². The van der Waals surface area contributed by atoms with Gasteiger partial charge in [0.25, 0.3) is 0 Å². The monoisotopic (exact) mass is 474 g/mol. The molecule has 0 aromatic heterocycles. The zero-order valence-electron chi connectivity index (χ0n) is 19.0. The fourth-order valence-electron chi connectivity index (χ4n) is 5.03. The largest absolute Gasteiger partial charge is 0.508 e. The van der Waals surface area contributed by atoms with Crippen LogP contribution in [0, 0.1) is 0 Å². The first-order valence-electron chi connectivity index (χ1n) is 11.5. The number of benzene rings is 2. The Kier molecular flexibility index (Phi) is 6.70. The first kappa shape index (κ1) is 24.0. The molecule has 1 heterocycles. The van der Waals surface area contributed by atoms with Crippen molar-refractivity contribution in [1.29, 1.82) is 0 Å². The molecule has 1 aliphatic carbocycles. The highest BCUT2D eigenvalue weighted by Crippen LogP contribution is 2.53. The van der Waals surface area contributed by atoms with Crippen LogP contribution in [0.1, 0.15) is 55.3 Å². The number of ether oxygens (including phenoxy) is 1. The first-order chi connectivity index (χ1) is 15.6. The number of rotatable bonds is 9. The van der Waals surface area contributed by atoms with E-state index >= 15 is 0 Å². The summed E-state index contributed by atoms with van der Waals surface area (Å²) in [7, 11) is -3.57. The molecule has 1 aliphatic heterocycles. The molecule has 1 saturated carbocycles. The minimum Gasteiger partial charge on any atom is -0.508 e. The van der Waals surface area contributed by atoms with Crippen molar-refractivity contribution in [1.82, 2.24) is 10.0 Å². The lowest BCUT2D eigenvalue weighted by Gasteiger charge is -2.50. The van der Waals surface area contributed by atoms with Gasteiger partial charge in [0.05, 0.1) is 12.4 Å². The molecule has 2 aromatic carbocycles. The van der Waals surface area contributed by atoms with E-state index < -0.39 is 15.8 Å². The van der Waals surface area contributed by atoms with E-state index in [2.05, 4.69) is 22.2 Å². The zero-order valence-corrected chi connectivity index (χ0v) is 19.8. The molecular weight excluding hydrogens is 440 g/mol. The quantitative estimate of drug-likeness (QED) is 0.276. The average molecular weight is 475 g/mol. The number of nitrogens with two attached hydrogens (primary N) is 2. The Labute approximate surface area is 195 Å². The van der Waals surface area contributed by atoms with Gasteiger partial charge in [0.2, 0.25) is 10.0 Å². The highest BCUT2D eigenvalue weighted by Gasteiger charge is 2.47. The number of fused-ring (bicyclic) bond motifs is 1. The maximum atomic E-state index is 12.0. The summed E-state index contributed by atoms with van der Waals surface area (Å²) in [4.78, 5) is 0. The maximum absolute atomic E-state index is 12.0. The van der Waals surface area contributed by atoms with Crippen LogP contribution < -0.4 is 26.2 Å². The van der Waals surface area contributed by atoms with E-state index in [-0.39, 0.29) is 29.6 Å². The van der Waals surface area contributed by atoms with Crippen molar-refractivity contribution in [3.63, 3.8) is 0 Å². The van der Waals surface area contributed by atoms with Crippen molar-refractivity contribution >= 4 is 10.0 Å². The van der Waals surface area contributed by atoms with E-state index in [9.17, 15) is 13.5 Å². The molecule has 0 saturated heterocycles. The van der Waals surface area contributed by atoms with E-state index in [0.29, 0.717) is 6.42 Å². The summed E-state index contributed by atoms with van der Waals surface area (Å²) in [6.45, 7) is 2.59. The molecule has 9 heteroatoms. The summed E-state index contributed by atoms with van der Waals surface area (Å²) in [6, 6.07) is 13.9. The summed E-state index contributed by atoms with van der Waals surface area (Å²) in [6.07, 6.45) is 4.63. The van der Waals surface area contributed by atoms with Gasteiger partial charge < -0.3 is 26.6 Å². The van der Waals surface area contributed by atoms with E-state index in [1.54, 1.807) is 12.1 Å². The molecule has 8 nitrogen and oxygen atoms in total. The number of sulfonamides is 1. The van der Waals surface area contributed by atoms with Crippen molar-refractivity contribution in [3.05, 3.63) is 59.2 Å². The Bertz CT molecular complexity index is 1080. The van der Waals surface area contributed by atoms with E-state index in [4.69, 9.17) is 16.2 Å². The third kappa shape index (κ3) is 5.50. The molecule has 33 heavy (non-hydrogen) atoms. The lowest BCUT2D eigenvalue weighted by molar-refractivity contribution is 0.164. The third-order valence-electron chi connectivity index (χ3n) is 6.61. The SMILES string of the molecule is CC(N)(N)NS(=O)(=O)CCCOc1ccc2c(c1)C(C1(c3ccc(O)cc3)CCC1)NCC2. The molecular formula is C24H34N4O4S. The second kappa shape index (κ2) is 9.23. The van der Waals surface area contributed by atoms with Gasteiger partial charge in [-0.3, -0.25) is 0 Å². The predicted octanol–water partition coefficient (Wildman–Crippen LogP) is 1.98. The van der Waals surface area contributed by atoms with Crippen LogP contribution in [0.15, 0.2) is 42.5 Å². The van der Waals surface area contributed by atoms with Gasteiger partial charge in [-0.1, -0.05) is 24.6 Å². The normalized spacial score (nSPS) is 20.0. The van der Waals surface area contributed by atoms with Crippen LogP contribution in [-0.2, 0) is 21.9 Å². The van der Waals surface area contributed by atoms with Gasteiger partial charge in [-0.25, -0.2) is 8.42 Å². The van der Waals surface area contributed by atoms with Crippen LogP contribution in [0.5, 0.6) is 11.5 Å². The summed E-state index contributed by atoms with van der Waals surface area (Å²) in [5.74, 6) is -0.582. The van der Waals surface area contributed by atoms with Crippen LogP contribution in [0.2, 0.25) is 0 Å². The molecule has 2 aromatic rings. The number of phenolic OH excluding ortho intramolecular Hbond substituents is 1. The Morgan fingerprint density at radius 3 is 2.58 bits per heavy atom. The van der Waals surface area contributed by atoms with Crippen LogP contribution in [0.4, 0.5) is 0 Å². The molecule has 180 valence electrons. The third-order valence-corrected chi connectivity index (χ3v) is 8.19. The van der Waals surface area contributed by atoms with Crippen LogP contribution in [0.25, 0.3) is 0 Å². The van der Waals surface area contributed by atoms with Gasteiger partial charge in [0, 0.05) is 11.5 Å². The average Bonchev–Trinajstić information content (AvgIpc) is 2.70. The standard InChI is InChI=1S/C24H34N4O4S/c1-23(25,26)28-33(30,31)15-3-14-32-20-9-4-17-10-13-27-22(21(17)16-20)24(11-2-12-24)18-5-7-19(29)8-6-18/h4-9,16,22,27-29H,2-3,10-15,25-26H2,1H3. The Morgan fingerprint density at radius 1 is 1.21 bits per heavy atom. The van der Waals surface area contributed by atoms with Gasteiger partial charge in [0.1, 0.15) is 17.3 Å². The fourth-order valence-corrected chi connectivity index (χ4v) is 6.30. The predicted molar refractivity (Wildman–Crippen MR) is 128 cm³/mol. The smallest absolute Gasteiger partial charge is 0.214 e. The van der Waals surface area contributed by atoms with Crippen molar-refractivity contribution in [2.45, 2.75) is 56.3 Å². The molecule has 0 amide bonds. The Hall–Kier alpha value is -2.17. The van der Waals surface area contributed by atoms with Crippen LogP contribution in [0.3, 0.4) is 0 Å². The van der Waals surface area contributed by atoms with E-state index in [1.165, 1.54) is 30.0 Å². The Balaban J connectivity index is 1.47. The van der Waals surface area contributed by atoms with E-state index in [0.717, 1.165) is 31.6 Å². The molecule has 0 radical (unpaired) electrons. The summed E-state index contributed by atoms with van der Waals surface area (Å²) < 4.78 is 32.2. The maximum Gasteiger partial charge on any atom is 0.214 e. The molecule has 0 bridgehead atoms. The molecule has 7 N–H and O–H groups in total. The second-order valence-electron chi connectivity index (χ2n) is 9.46.